The molecular formula is C18H19ClN2O4S2. The number of anilines is 1. The fraction of sp³-hybridized carbons (Fsp3) is 0.333. The van der Waals surface area contributed by atoms with E-state index in [4.69, 9.17) is 19.6 Å². The number of fused-ring (bicyclic) bond motifs is 2. The van der Waals surface area contributed by atoms with Crippen LogP contribution in [0, 0.1) is 5.41 Å². The molecule has 27 heavy (non-hydrogen) atoms. The first-order chi connectivity index (χ1) is 12.7. The normalized spacial score (nSPS) is 14.6. The standard InChI is InChI=1S/C18H18N2O4S2.ClH/c1-2-22-17(19)15-8-12-18(26-15)25-9-16(21)20(12)6-5-11-3-4-13-14(7-11)24-10-23-13;/h3-4,7-8,19H,2,5-6,9-10H2,1H3;1H. The van der Waals surface area contributed by atoms with E-state index in [1.807, 2.05) is 36.1 Å². The van der Waals surface area contributed by atoms with Crippen LogP contribution in [0.2, 0.25) is 0 Å². The molecular weight excluding hydrogens is 408 g/mol. The number of amides is 1. The Bertz CT molecular complexity index is 871. The summed E-state index contributed by atoms with van der Waals surface area (Å²) in [5.41, 5.74) is 1.98. The van der Waals surface area contributed by atoms with Crippen LogP contribution in [0.5, 0.6) is 11.5 Å². The monoisotopic (exact) mass is 426 g/mol. The van der Waals surface area contributed by atoms with E-state index in [1.165, 1.54) is 23.1 Å². The highest BCUT2D eigenvalue weighted by atomic mass is 35.5. The van der Waals surface area contributed by atoms with Crippen LogP contribution in [0.3, 0.4) is 0 Å². The molecule has 4 rings (SSSR count). The van der Waals surface area contributed by atoms with Crippen LogP contribution < -0.4 is 14.4 Å². The van der Waals surface area contributed by atoms with Crippen molar-refractivity contribution in [3.05, 3.63) is 34.7 Å². The summed E-state index contributed by atoms with van der Waals surface area (Å²) in [7, 11) is 0. The van der Waals surface area contributed by atoms with Crippen molar-refractivity contribution in [2.24, 2.45) is 0 Å². The number of hydrogen-bond acceptors (Lipinski definition) is 7. The van der Waals surface area contributed by atoms with Gasteiger partial charge in [-0.05, 0) is 37.1 Å². The summed E-state index contributed by atoms with van der Waals surface area (Å²) >= 11 is 3.04. The fourth-order valence-electron chi connectivity index (χ4n) is 2.91. The molecule has 1 aromatic carbocycles. The largest absolute Gasteiger partial charge is 0.477 e. The van der Waals surface area contributed by atoms with Crippen molar-refractivity contribution in [1.29, 1.82) is 5.41 Å². The highest BCUT2D eigenvalue weighted by molar-refractivity contribution is 8.02. The van der Waals surface area contributed by atoms with Crippen LogP contribution in [0.25, 0.3) is 0 Å². The summed E-state index contributed by atoms with van der Waals surface area (Å²) in [5, 5.41) is 7.98. The third-order valence-corrected chi connectivity index (χ3v) is 6.56. The number of halogens is 1. The van der Waals surface area contributed by atoms with Gasteiger partial charge in [-0.1, -0.05) is 6.07 Å². The average Bonchev–Trinajstić information content (AvgIpc) is 3.27. The molecule has 2 aromatic rings. The summed E-state index contributed by atoms with van der Waals surface area (Å²) in [6.45, 7) is 3.16. The van der Waals surface area contributed by atoms with Crippen molar-refractivity contribution in [2.75, 3.05) is 30.6 Å². The van der Waals surface area contributed by atoms with Crippen LogP contribution in [0.15, 0.2) is 28.5 Å². The number of thiophene rings is 1. The minimum atomic E-state index is 0. The molecule has 2 aliphatic rings. The third-order valence-electron chi connectivity index (χ3n) is 4.17. The van der Waals surface area contributed by atoms with Gasteiger partial charge in [0.15, 0.2) is 11.5 Å². The second-order valence-electron chi connectivity index (χ2n) is 5.82. The summed E-state index contributed by atoms with van der Waals surface area (Å²) in [6, 6.07) is 7.77. The van der Waals surface area contributed by atoms with Crippen LogP contribution in [-0.4, -0.2) is 37.5 Å². The highest BCUT2D eigenvalue weighted by Gasteiger charge is 2.28. The first kappa shape index (κ1) is 19.9. The zero-order valence-corrected chi connectivity index (χ0v) is 17.1. The molecule has 0 atom stereocenters. The Labute approximate surface area is 171 Å². The van der Waals surface area contributed by atoms with Crippen LogP contribution in [0.1, 0.15) is 17.4 Å². The Balaban J connectivity index is 0.00000210. The maximum atomic E-state index is 12.5. The van der Waals surface area contributed by atoms with Crippen molar-refractivity contribution < 1.29 is 19.0 Å². The first-order valence-electron chi connectivity index (χ1n) is 8.33. The van der Waals surface area contributed by atoms with Crippen molar-refractivity contribution in [3.8, 4) is 11.5 Å². The number of benzene rings is 1. The Morgan fingerprint density at radius 1 is 1.30 bits per heavy atom. The maximum absolute atomic E-state index is 12.5. The van der Waals surface area contributed by atoms with E-state index in [9.17, 15) is 4.79 Å². The van der Waals surface area contributed by atoms with Crippen molar-refractivity contribution in [2.45, 2.75) is 17.6 Å². The van der Waals surface area contributed by atoms with Crippen LogP contribution >= 0.6 is 35.5 Å². The summed E-state index contributed by atoms with van der Waals surface area (Å²) in [6.07, 6.45) is 0.723. The maximum Gasteiger partial charge on any atom is 0.237 e. The smallest absolute Gasteiger partial charge is 0.237 e. The molecule has 1 amide bonds. The molecule has 0 saturated heterocycles. The van der Waals surface area contributed by atoms with Gasteiger partial charge in [-0.25, -0.2) is 0 Å². The van der Waals surface area contributed by atoms with Crippen LogP contribution in [-0.2, 0) is 16.0 Å². The average molecular weight is 427 g/mol. The quantitative estimate of drug-likeness (QED) is 0.579. The van der Waals surface area contributed by atoms with E-state index in [1.54, 1.807) is 0 Å². The van der Waals surface area contributed by atoms with Gasteiger partial charge in [0.2, 0.25) is 18.6 Å². The van der Waals surface area contributed by atoms with Gasteiger partial charge in [-0.2, -0.15) is 0 Å². The molecule has 0 radical (unpaired) electrons. The van der Waals surface area contributed by atoms with E-state index in [0.717, 1.165) is 38.3 Å². The minimum Gasteiger partial charge on any atom is -0.477 e. The lowest BCUT2D eigenvalue weighted by Crippen LogP contribution is -2.36. The molecule has 0 bridgehead atoms. The first-order valence-corrected chi connectivity index (χ1v) is 10.1. The van der Waals surface area contributed by atoms with Gasteiger partial charge in [0.05, 0.1) is 27.1 Å². The highest BCUT2D eigenvalue weighted by Crippen LogP contribution is 2.42. The number of nitrogens with zero attached hydrogens (tertiary/aromatic N) is 1. The summed E-state index contributed by atoms with van der Waals surface area (Å²) in [5.74, 6) is 2.20. The predicted octanol–water partition coefficient (Wildman–Crippen LogP) is 3.94. The Hall–Kier alpha value is -1.90. The molecule has 1 aromatic heterocycles. The van der Waals surface area contributed by atoms with E-state index in [0.29, 0.717) is 18.9 Å². The zero-order chi connectivity index (χ0) is 18.1. The van der Waals surface area contributed by atoms with Gasteiger partial charge in [-0.3, -0.25) is 10.2 Å². The minimum absolute atomic E-state index is 0. The molecule has 0 fully saturated rings. The van der Waals surface area contributed by atoms with E-state index >= 15 is 0 Å². The molecule has 9 heteroatoms. The summed E-state index contributed by atoms with van der Waals surface area (Å²) in [4.78, 5) is 15.0. The molecule has 1 N–H and O–H groups in total. The van der Waals surface area contributed by atoms with Crippen molar-refractivity contribution >= 4 is 53.0 Å². The molecule has 6 nitrogen and oxygen atoms in total. The molecule has 0 unspecified atom stereocenters. The number of thioether (sulfide) groups is 1. The molecule has 0 spiro atoms. The Morgan fingerprint density at radius 3 is 2.93 bits per heavy atom. The van der Waals surface area contributed by atoms with E-state index in [-0.39, 0.29) is 31.0 Å². The van der Waals surface area contributed by atoms with Gasteiger partial charge in [0.1, 0.15) is 0 Å². The number of rotatable bonds is 5. The summed E-state index contributed by atoms with van der Waals surface area (Å²) < 4.78 is 17.1. The third kappa shape index (κ3) is 4.02. The van der Waals surface area contributed by atoms with Gasteiger partial charge < -0.3 is 19.1 Å². The molecule has 144 valence electrons. The van der Waals surface area contributed by atoms with Crippen LogP contribution in [0.4, 0.5) is 5.69 Å². The zero-order valence-electron chi connectivity index (χ0n) is 14.6. The number of hydrogen-bond donors (Lipinski definition) is 1. The Morgan fingerprint density at radius 2 is 2.11 bits per heavy atom. The molecule has 0 aliphatic carbocycles. The SMILES string of the molecule is CCOC(=N)c1cc2c(s1)SCC(=O)N2CCc1ccc2c(c1)OCO2.Cl. The molecule has 3 heterocycles. The second kappa shape index (κ2) is 8.41. The second-order valence-corrected chi connectivity index (χ2v) is 8.11. The lowest BCUT2D eigenvalue weighted by molar-refractivity contribution is -0.116. The van der Waals surface area contributed by atoms with Gasteiger partial charge in [0, 0.05) is 6.54 Å². The molecule has 2 aliphatic heterocycles. The van der Waals surface area contributed by atoms with Gasteiger partial charge in [-0.15, -0.1) is 35.5 Å². The lowest BCUT2D eigenvalue weighted by atomic mass is 10.1. The van der Waals surface area contributed by atoms with Gasteiger partial charge in [0.25, 0.3) is 0 Å². The topological polar surface area (TPSA) is 71.9 Å². The van der Waals surface area contributed by atoms with Crippen molar-refractivity contribution in [1.82, 2.24) is 0 Å². The van der Waals surface area contributed by atoms with Crippen molar-refractivity contribution in [3.63, 3.8) is 0 Å². The number of carbonyl (C=O) groups excluding carboxylic acids is 1. The van der Waals surface area contributed by atoms with E-state index in [2.05, 4.69) is 0 Å². The number of nitrogens with one attached hydrogen (secondary N) is 1. The fourth-order valence-corrected chi connectivity index (χ4v) is 5.11. The Kier molecular flexibility index (Phi) is 6.18. The lowest BCUT2D eigenvalue weighted by Gasteiger charge is -2.26. The number of carbonyl (C=O) groups is 1. The van der Waals surface area contributed by atoms with E-state index < -0.39 is 0 Å². The molecule has 0 saturated carbocycles. The predicted molar refractivity (Wildman–Crippen MR) is 109 cm³/mol. The number of ether oxygens (including phenoxy) is 3. The van der Waals surface area contributed by atoms with Gasteiger partial charge >= 0.3 is 0 Å².